The van der Waals surface area contributed by atoms with Crippen LogP contribution in [0.25, 0.3) is 10.8 Å². The molecule has 2 fully saturated rings. The summed E-state index contributed by atoms with van der Waals surface area (Å²) in [6.45, 7) is 0.409. The lowest BCUT2D eigenvalue weighted by molar-refractivity contribution is -0.145. The van der Waals surface area contributed by atoms with Crippen LogP contribution >= 0.6 is 15.9 Å². The normalized spacial score (nSPS) is 29.2. The smallest absolute Gasteiger partial charge is 0.306 e. The van der Waals surface area contributed by atoms with E-state index in [1.807, 2.05) is 91.0 Å². The Morgan fingerprint density at radius 2 is 1.68 bits per heavy atom. The largest absolute Gasteiger partial charge is 0.463 e. The summed E-state index contributed by atoms with van der Waals surface area (Å²) in [5, 5.41) is 14.5. The first-order valence-electron chi connectivity index (χ1n) is 17.3. The van der Waals surface area contributed by atoms with Gasteiger partial charge in [0.2, 0.25) is 11.8 Å². The number of amides is 3. The van der Waals surface area contributed by atoms with Gasteiger partial charge in [-0.3, -0.25) is 19.2 Å². The van der Waals surface area contributed by atoms with Gasteiger partial charge in [0.15, 0.2) is 0 Å². The van der Waals surface area contributed by atoms with Gasteiger partial charge in [0.25, 0.3) is 5.91 Å². The van der Waals surface area contributed by atoms with Crippen molar-refractivity contribution in [3.8, 4) is 0 Å². The third-order valence-corrected chi connectivity index (χ3v) is 10.9. The summed E-state index contributed by atoms with van der Waals surface area (Å²) < 4.78 is 13.0. The van der Waals surface area contributed by atoms with E-state index in [4.69, 9.17) is 9.47 Å². The third kappa shape index (κ3) is 6.27. The molecule has 7 rings (SSSR count). The molecule has 3 aromatic rings. The molecule has 11 heteroatoms. The van der Waals surface area contributed by atoms with Crippen molar-refractivity contribution in [2.45, 2.75) is 55.9 Å². The fourth-order valence-corrected chi connectivity index (χ4v) is 8.58. The number of hydrogen-bond acceptors (Lipinski definition) is 7. The highest BCUT2D eigenvalue weighted by atomic mass is 79.9. The van der Waals surface area contributed by atoms with Crippen LogP contribution in [0, 0.1) is 11.8 Å². The highest BCUT2D eigenvalue weighted by Gasteiger charge is 2.74. The summed E-state index contributed by atoms with van der Waals surface area (Å²) in [7, 11) is 0. The van der Waals surface area contributed by atoms with Crippen LogP contribution in [-0.4, -0.2) is 77.7 Å². The molecule has 0 radical (unpaired) electrons. The van der Waals surface area contributed by atoms with Crippen LogP contribution in [0.1, 0.15) is 43.7 Å². The Morgan fingerprint density at radius 3 is 2.48 bits per heavy atom. The second-order valence-corrected chi connectivity index (χ2v) is 14.2. The summed E-state index contributed by atoms with van der Waals surface area (Å²) in [5.74, 6) is -3.36. The Kier molecular flexibility index (Phi) is 9.90. The first kappa shape index (κ1) is 34.1. The zero-order chi connectivity index (χ0) is 34.8. The van der Waals surface area contributed by atoms with Gasteiger partial charge in [-0.05, 0) is 60.2 Å². The van der Waals surface area contributed by atoms with E-state index in [0.29, 0.717) is 35.9 Å². The molecule has 4 aliphatic heterocycles. The molecule has 1 spiro atoms. The molecule has 3 amide bonds. The summed E-state index contributed by atoms with van der Waals surface area (Å²) >= 11 is 3.64. The molecule has 2 N–H and O–H groups in total. The number of likely N-dealkylation sites (tertiary alicyclic amines) is 1. The van der Waals surface area contributed by atoms with Crippen LogP contribution in [-0.2, 0) is 28.7 Å². The van der Waals surface area contributed by atoms with Crippen LogP contribution in [0.2, 0.25) is 0 Å². The molecule has 0 unspecified atom stereocenters. The van der Waals surface area contributed by atoms with Crippen LogP contribution < -0.4 is 10.2 Å². The van der Waals surface area contributed by atoms with Crippen molar-refractivity contribution in [2.75, 3.05) is 31.2 Å². The van der Waals surface area contributed by atoms with Gasteiger partial charge >= 0.3 is 5.97 Å². The molecule has 5 bridgehead atoms. The molecule has 0 aromatic heterocycles. The van der Waals surface area contributed by atoms with Gasteiger partial charge in [0.05, 0.1) is 17.9 Å². The lowest BCUT2D eigenvalue weighted by Gasteiger charge is -2.36. The number of aliphatic hydroxyl groups excluding tert-OH is 1. The summed E-state index contributed by atoms with van der Waals surface area (Å²) in [6.07, 6.45) is 7.10. The SMILES string of the molecule is O=C1CC/C=C\CN(c2ccc3ccccc3c2)C(=O)[C@@H]2N(CCCCCO)C(=O)[C@H]3[C@H](C(=O)N[C@H](c4ccccc4)CO1)[C@H]1O[C@@]23C=C1Br. The first-order chi connectivity index (χ1) is 24.3. The van der Waals surface area contributed by atoms with E-state index in [2.05, 4.69) is 21.2 Å². The molecule has 4 heterocycles. The number of carbonyl (C=O) groups excluding carboxylic acids is 4. The van der Waals surface area contributed by atoms with Gasteiger partial charge in [0.1, 0.15) is 24.4 Å². The maximum absolute atomic E-state index is 15.1. The molecular formula is C39H40BrN3O7. The van der Waals surface area contributed by atoms with E-state index in [0.717, 1.165) is 16.3 Å². The zero-order valence-electron chi connectivity index (χ0n) is 27.6. The monoisotopic (exact) mass is 741 g/mol. The number of hydrogen-bond donors (Lipinski definition) is 2. The lowest BCUT2D eigenvalue weighted by atomic mass is 9.74. The van der Waals surface area contributed by atoms with Gasteiger partial charge in [-0.15, -0.1) is 0 Å². The van der Waals surface area contributed by atoms with Gasteiger partial charge in [-0.25, -0.2) is 0 Å². The van der Waals surface area contributed by atoms with E-state index in [1.54, 1.807) is 9.80 Å². The number of allylic oxidation sites excluding steroid dienone is 1. The van der Waals surface area contributed by atoms with Crippen molar-refractivity contribution < 1.29 is 33.8 Å². The Labute approximate surface area is 299 Å². The summed E-state index contributed by atoms with van der Waals surface area (Å²) in [4.78, 5) is 60.2. The van der Waals surface area contributed by atoms with Gasteiger partial charge < -0.3 is 29.7 Å². The Balaban J connectivity index is 1.32. The molecule has 2 saturated heterocycles. The number of unbranched alkanes of at least 4 members (excludes halogenated alkanes) is 2. The van der Waals surface area contributed by atoms with Crippen LogP contribution in [0.15, 0.2) is 95.5 Å². The predicted octanol–water partition coefficient (Wildman–Crippen LogP) is 4.96. The number of carbonyl (C=O) groups is 4. The number of aliphatic hydroxyl groups is 1. The standard InChI is InChI=1S/C39H40BrN3O7/c40-29-23-39-33-32(34(29)50-39)36(46)41-30(26-13-4-1-5-14-26)24-49-31(45)16-6-2-9-19-42(28-18-17-25-12-7-8-15-27(25)22-28)38(48)35(39)43(37(33)47)20-10-3-11-21-44/h1-2,4-5,7-9,12-15,17-18,22-23,30,32-35,44H,3,6,10-11,16,19-21,24H2,(H,41,46)/b9-2-/t30-,32-,33+,34-,35-,39+/m0/s1. The van der Waals surface area contributed by atoms with Crippen LogP contribution in [0.4, 0.5) is 5.69 Å². The number of benzene rings is 3. The van der Waals surface area contributed by atoms with E-state index in [-0.39, 0.29) is 44.5 Å². The molecule has 0 saturated carbocycles. The predicted molar refractivity (Wildman–Crippen MR) is 191 cm³/mol. The third-order valence-electron chi connectivity index (χ3n) is 10.2. The van der Waals surface area contributed by atoms with Crippen molar-refractivity contribution in [1.82, 2.24) is 10.2 Å². The number of nitrogens with zero attached hydrogens (tertiary/aromatic N) is 2. The van der Waals surface area contributed by atoms with E-state index < -0.39 is 47.5 Å². The van der Waals surface area contributed by atoms with Crippen molar-refractivity contribution in [3.05, 3.63) is 101 Å². The number of cyclic esters (lactones) is 1. The number of fused-ring (bicyclic) bond motifs is 3. The van der Waals surface area contributed by atoms with Gasteiger partial charge in [-0.1, -0.05) is 88.7 Å². The number of anilines is 1. The van der Waals surface area contributed by atoms with Crippen LogP contribution in [0.3, 0.4) is 0 Å². The topological polar surface area (TPSA) is 125 Å². The summed E-state index contributed by atoms with van der Waals surface area (Å²) in [5.41, 5.74) is 0.0129. The molecule has 4 aliphatic rings. The molecule has 260 valence electrons. The molecule has 50 heavy (non-hydrogen) atoms. The number of esters is 1. The fraction of sp³-hybridized carbons (Fsp3) is 0.385. The van der Waals surface area contributed by atoms with Gasteiger partial charge in [-0.2, -0.15) is 0 Å². The van der Waals surface area contributed by atoms with Crippen molar-refractivity contribution in [1.29, 1.82) is 0 Å². The van der Waals surface area contributed by atoms with Crippen LogP contribution in [0.5, 0.6) is 0 Å². The Bertz CT molecular complexity index is 1850. The van der Waals surface area contributed by atoms with Crippen molar-refractivity contribution in [2.24, 2.45) is 11.8 Å². The zero-order valence-corrected chi connectivity index (χ0v) is 29.2. The average molecular weight is 743 g/mol. The molecule has 3 aromatic carbocycles. The highest BCUT2D eigenvalue weighted by Crippen LogP contribution is 2.58. The maximum atomic E-state index is 15.1. The average Bonchev–Trinajstić information content (AvgIpc) is 3.72. The molecule has 10 nitrogen and oxygen atoms in total. The molecular weight excluding hydrogens is 702 g/mol. The summed E-state index contributed by atoms with van der Waals surface area (Å²) in [6, 6.07) is 21.2. The minimum atomic E-state index is -1.39. The van der Waals surface area contributed by atoms with Crippen molar-refractivity contribution >= 4 is 56.1 Å². The molecule has 0 aliphatic carbocycles. The number of rotatable bonds is 7. The highest BCUT2D eigenvalue weighted by molar-refractivity contribution is 9.11. The number of halogens is 1. The quantitative estimate of drug-likeness (QED) is 0.199. The van der Waals surface area contributed by atoms with Gasteiger partial charge in [0, 0.05) is 36.3 Å². The van der Waals surface area contributed by atoms with E-state index in [1.165, 1.54) is 0 Å². The first-order valence-corrected chi connectivity index (χ1v) is 18.0. The van der Waals surface area contributed by atoms with E-state index in [9.17, 15) is 19.5 Å². The number of ether oxygens (including phenoxy) is 2. The lowest BCUT2D eigenvalue weighted by Crippen LogP contribution is -2.56. The second kappa shape index (κ2) is 14.5. The molecule has 6 atom stereocenters. The minimum absolute atomic E-state index is 0.0333. The van der Waals surface area contributed by atoms with Crippen molar-refractivity contribution in [3.63, 3.8) is 0 Å². The minimum Gasteiger partial charge on any atom is -0.463 e. The Hall–Kier alpha value is -4.32. The fourth-order valence-electron chi connectivity index (χ4n) is 7.84. The Morgan fingerprint density at radius 1 is 0.900 bits per heavy atom. The van der Waals surface area contributed by atoms with E-state index >= 15 is 4.79 Å². The number of nitrogens with one attached hydrogen (secondary N) is 1. The second-order valence-electron chi connectivity index (χ2n) is 13.3. The maximum Gasteiger partial charge on any atom is 0.306 e.